The van der Waals surface area contributed by atoms with E-state index in [4.69, 9.17) is 5.73 Å². The molecule has 0 unspecified atom stereocenters. The van der Waals surface area contributed by atoms with Crippen molar-refractivity contribution in [2.45, 2.75) is 50.7 Å². The molecule has 1 amide bonds. The fraction of sp³-hybridized carbons (Fsp3) is 0.611. The number of amides is 1. The Bertz CT molecular complexity index is 551. The maximum absolute atomic E-state index is 12.4. The highest BCUT2D eigenvalue weighted by atomic mass is 35.5. The van der Waals surface area contributed by atoms with E-state index in [1.807, 2.05) is 24.3 Å². The number of anilines is 2. The van der Waals surface area contributed by atoms with Crippen LogP contribution in [0.3, 0.4) is 0 Å². The first-order valence-electron chi connectivity index (χ1n) is 8.71. The molecule has 0 aromatic heterocycles. The number of hydrogen-bond donors (Lipinski definition) is 3. The summed E-state index contributed by atoms with van der Waals surface area (Å²) >= 11 is 0. The van der Waals surface area contributed by atoms with Gasteiger partial charge in [0.1, 0.15) is 0 Å². The summed E-state index contributed by atoms with van der Waals surface area (Å²) in [7, 11) is 0. The summed E-state index contributed by atoms with van der Waals surface area (Å²) in [6.45, 7) is 1.64. The van der Waals surface area contributed by atoms with Crippen LogP contribution in [0.1, 0.15) is 38.5 Å². The van der Waals surface area contributed by atoms with Gasteiger partial charge in [0, 0.05) is 25.6 Å². The third-order valence-corrected chi connectivity index (χ3v) is 5.15. The van der Waals surface area contributed by atoms with Crippen molar-refractivity contribution in [1.29, 1.82) is 0 Å². The molecule has 0 radical (unpaired) electrons. The van der Waals surface area contributed by atoms with Gasteiger partial charge in [-0.25, -0.2) is 0 Å². The molecule has 1 heterocycles. The van der Waals surface area contributed by atoms with Gasteiger partial charge >= 0.3 is 0 Å². The van der Waals surface area contributed by atoms with Gasteiger partial charge in [0.2, 0.25) is 5.91 Å². The molecule has 2 fully saturated rings. The SMILES string of the molecule is Cl.Cl.N[C@@H]1CCC[C@H]1CC(=O)Nc1ccccc1N1CCC(O)CC1. The maximum atomic E-state index is 12.4. The Labute approximate surface area is 162 Å². The zero-order chi connectivity index (χ0) is 16.2. The van der Waals surface area contributed by atoms with E-state index in [2.05, 4.69) is 10.2 Å². The first kappa shape index (κ1) is 22.0. The standard InChI is InChI=1S/C18H27N3O2.2ClH/c19-15-5-3-4-13(15)12-18(23)20-16-6-1-2-7-17(16)21-10-8-14(22)9-11-21;;/h1-2,6-7,13-15,22H,3-5,8-12,19H2,(H,20,23);2*1H/t13-,15+;;/m0../s1. The summed E-state index contributed by atoms with van der Waals surface area (Å²) in [6.07, 6.45) is 5.08. The normalized spacial score (nSPS) is 23.5. The van der Waals surface area contributed by atoms with Crippen LogP contribution in [0, 0.1) is 5.92 Å². The number of aliphatic hydroxyl groups excluding tert-OH is 1. The molecular weight excluding hydrogens is 361 g/mol. The zero-order valence-electron chi connectivity index (χ0n) is 14.4. The molecule has 2 aliphatic rings. The molecule has 1 aliphatic carbocycles. The van der Waals surface area contributed by atoms with Gasteiger partial charge in [-0.1, -0.05) is 18.6 Å². The van der Waals surface area contributed by atoms with Gasteiger partial charge in [0.05, 0.1) is 17.5 Å². The van der Waals surface area contributed by atoms with Crippen molar-refractivity contribution in [2.24, 2.45) is 11.7 Å². The van der Waals surface area contributed by atoms with E-state index in [0.717, 1.165) is 56.6 Å². The number of carbonyl (C=O) groups excluding carboxylic acids is 1. The molecule has 1 saturated carbocycles. The van der Waals surface area contributed by atoms with Crippen LogP contribution in [0.5, 0.6) is 0 Å². The van der Waals surface area contributed by atoms with Gasteiger partial charge < -0.3 is 21.1 Å². The van der Waals surface area contributed by atoms with Gasteiger partial charge in [-0.05, 0) is 43.7 Å². The summed E-state index contributed by atoms with van der Waals surface area (Å²) in [5.74, 6) is 0.365. The molecule has 3 rings (SSSR count). The molecule has 25 heavy (non-hydrogen) atoms. The van der Waals surface area contributed by atoms with Crippen LogP contribution in [0.4, 0.5) is 11.4 Å². The van der Waals surface area contributed by atoms with Crippen LogP contribution < -0.4 is 16.0 Å². The number of aliphatic hydroxyl groups is 1. The molecule has 1 aromatic rings. The number of nitrogens with zero attached hydrogens (tertiary/aromatic N) is 1. The third kappa shape index (κ3) is 5.74. The van der Waals surface area contributed by atoms with Crippen molar-refractivity contribution in [2.75, 3.05) is 23.3 Å². The largest absolute Gasteiger partial charge is 0.393 e. The molecule has 2 atom stereocenters. The van der Waals surface area contributed by atoms with Crippen molar-refractivity contribution in [3.63, 3.8) is 0 Å². The lowest BCUT2D eigenvalue weighted by Crippen LogP contribution is -2.36. The lowest BCUT2D eigenvalue weighted by molar-refractivity contribution is -0.117. The van der Waals surface area contributed by atoms with E-state index < -0.39 is 0 Å². The van der Waals surface area contributed by atoms with Crippen LogP contribution in [0.2, 0.25) is 0 Å². The van der Waals surface area contributed by atoms with Gasteiger partial charge in [0.25, 0.3) is 0 Å². The lowest BCUT2D eigenvalue weighted by atomic mass is 10.00. The Morgan fingerprint density at radius 3 is 2.48 bits per heavy atom. The minimum atomic E-state index is -0.197. The van der Waals surface area contributed by atoms with Crippen molar-refractivity contribution < 1.29 is 9.90 Å². The zero-order valence-corrected chi connectivity index (χ0v) is 16.0. The average Bonchev–Trinajstić information content (AvgIpc) is 2.94. The molecule has 142 valence electrons. The molecule has 1 aromatic carbocycles. The highest BCUT2D eigenvalue weighted by Crippen LogP contribution is 2.30. The quantitative estimate of drug-likeness (QED) is 0.739. The van der Waals surface area contributed by atoms with E-state index in [0.29, 0.717) is 12.3 Å². The number of nitrogens with two attached hydrogens (primary N) is 1. The molecule has 1 saturated heterocycles. The molecule has 5 nitrogen and oxygen atoms in total. The minimum absolute atomic E-state index is 0. The Kier molecular flexibility index (Phi) is 9.00. The third-order valence-electron chi connectivity index (χ3n) is 5.15. The molecule has 1 aliphatic heterocycles. The Hall–Kier alpha value is -1.01. The number of halogens is 2. The van der Waals surface area contributed by atoms with Gasteiger partial charge in [-0.15, -0.1) is 24.8 Å². The Morgan fingerprint density at radius 2 is 1.84 bits per heavy atom. The van der Waals surface area contributed by atoms with E-state index >= 15 is 0 Å². The van der Waals surface area contributed by atoms with E-state index in [1.165, 1.54) is 0 Å². The Balaban J connectivity index is 0.00000156. The second-order valence-corrected chi connectivity index (χ2v) is 6.84. The van der Waals surface area contributed by atoms with Gasteiger partial charge in [-0.2, -0.15) is 0 Å². The fourth-order valence-electron chi connectivity index (χ4n) is 3.72. The number of carbonyl (C=O) groups is 1. The second kappa shape index (κ2) is 10.2. The molecule has 4 N–H and O–H groups in total. The van der Waals surface area contributed by atoms with E-state index in [9.17, 15) is 9.90 Å². The van der Waals surface area contributed by atoms with Crippen LogP contribution in [0.25, 0.3) is 0 Å². The molecule has 0 bridgehead atoms. The van der Waals surface area contributed by atoms with Crippen LogP contribution in [-0.4, -0.2) is 36.2 Å². The number of para-hydroxylation sites is 2. The Morgan fingerprint density at radius 1 is 1.16 bits per heavy atom. The summed E-state index contributed by atoms with van der Waals surface area (Å²) in [6, 6.07) is 8.09. The predicted molar refractivity (Wildman–Crippen MR) is 107 cm³/mol. The van der Waals surface area contributed by atoms with Gasteiger partial charge in [-0.3, -0.25) is 4.79 Å². The smallest absolute Gasteiger partial charge is 0.224 e. The monoisotopic (exact) mass is 389 g/mol. The highest BCUT2D eigenvalue weighted by molar-refractivity contribution is 5.94. The van der Waals surface area contributed by atoms with Crippen LogP contribution in [-0.2, 0) is 4.79 Å². The predicted octanol–water partition coefficient (Wildman–Crippen LogP) is 2.95. The number of benzene rings is 1. The number of nitrogens with one attached hydrogen (secondary N) is 1. The van der Waals surface area contributed by atoms with Crippen LogP contribution in [0.15, 0.2) is 24.3 Å². The van der Waals surface area contributed by atoms with Crippen molar-refractivity contribution in [3.05, 3.63) is 24.3 Å². The fourth-order valence-corrected chi connectivity index (χ4v) is 3.72. The molecule has 0 spiro atoms. The average molecular weight is 390 g/mol. The molecule has 7 heteroatoms. The second-order valence-electron chi connectivity index (χ2n) is 6.84. The summed E-state index contributed by atoms with van der Waals surface area (Å²) in [5.41, 5.74) is 7.97. The van der Waals surface area contributed by atoms with Crippen molar-refractivity contribution >= 4 is 42.1 Å². The van der Waals surface area contributed by atoms with Gasteiger partial charge in [0.15, 0.2) is 0 Å². The lowest BCUT2D eigenvalue weighted by Gasteiger charge is -2.32. The first-order valence-corrected chi connectivity index (χ1v) is 8.71. The summed E-state index contributed by atoms with van der Waals surface area (Å²) in [5, 5.41) is 12.7. The number of hydrogen-bond acceptors (Lipinski definition) is 4. The topological polar surface area (TPSA) is 78.6 Å². The van der Waals surface area contributed by atoms with E-state index in [1.54, 1.807) is 0 Å². The number of rotatable bonds is 4. The van der Waals surface area contributed by atoms with Crippen molar-refractivity contribution in [1.82, 2.24) is 0 Å². The summed E-state index contributed by atoms with van der Waals surface area (Å²) in [4.78, 5) is 14.6. The maximum Gasteiger partial charge on any atom is 0.224 e. The molecular formula is C18H29Cl2N3O2. The number of piperidine rings is 1. The first-order chi connectivity index (χ1) is 11.1. The van der Waals surface area contributed by atoms with E-state index in [-0.39, 0.29) is 42.9 Å². The minimum Gasteiger partial charge on any atom is -0.393 e. The van der Waals surface area contributed by atoms with Crippen LogP contribution >= 0.6 is 24.8 Å². The highest BCUT2D eigenvalue weighted by Gasteiger charge is 2.26. The van der Waals surface area contributed by atoms with Crippen molar-refractivity contribution in [3.8, 4) is 0 Å². The summed E-state index contributed by atoms with van der Waals surface area (Å²) < 4.78 is 0.